The number of nitrogens with zero attached hydrogens (tertiary/aromatic N) is 4. The molecule has 126 valence electrons. The van der Waals surface area contributed by atoms with Crippen molar-refractivity contribution in [1.82, 2.24) is 20.1 Å². The Hall–Kier alpha value is -3.06. The Kier molecular flexibility index (Phi) is 3.99. The first-order valence-electron chi connectivity index (χ1n) is 8.16. The van der Waals surface area contributed by atoms with Crippen molar-refractivity contribution in [3.63, 3.8) is 0 Å². The molecule has 3 heterocycles. The number of nitrogens with one attached hydrogen (secondary N) is 1. The summed E-state index contributed by atoms with van der Waals surface area (Å²) in [5, 5.41) is 19.5. The molecule has 0 radical (unpaired) electrons. The lowest BCUT2D eigenvalue weighted by Crippen LogP contribution is -2.25. The van der Waals surface area contributed by atoms with Gasteiger partial charge in [-0.3, -0.25) is 19.8 Å². The predicted molar refractivity (Wildman–Crippen MR) is 93.1 cm³/mol. The molecule has 25 heavy (non-hydrogen) atoms. The van der Waals surface area contributed by atoms with Crippen LogP contribution in [0.3, 0.4) is 0 Å². The van der Waals surface area contributed by atoms with Gasteiger partial charge >= 0.3 is 0 Å². The molecule has 7 heteroatoms. The Morgan fingerprint density at radius 2 is 2.00 bits per heavy atom. The van der Waals surface area contributed by atoms with Crippen LogP contribution < -0.4 is 5.32 Å². The maximum absolute atomic E-state index is 11.4. The van der Waals surface area contributed by atoms with Crippen molar-refractivity contribution in [2.45, 2.75) is 19.5 Å². The third-order valence-corrected chi connectivity index (χ3v) is 4.44. The summed E-state index contributed by atoms with van der Waals surface area (Å²) in [6.45, 7) is 2.18. The summed E-state index contributed by atoms with van der Waals surface area (Å²) >= 11 is 0. The Labute approximate surface area is 144 Å². The molecule has 7 nitrogen and oxygen atoms in total. The van der Waals surface area contributed by atoms with E-state index in [9.17, 15) is 10.1 Å². The maximum Gasteiger partial charge on any atom is 0.278 e. The zero-order valence-electron chi connectivity index (χ0n) is 13.6. The van der Waals surface area contributed by atoms with Crippen LogP contribution in [0.1, 0.15) is 16.8 Å². The monoisotopic (exact) mass is 335 g/mol. The minimum atomic E-state index is -0.347. The number of nitro benzene ring substituents is 1. The van der Waals surface area contributed by atoms with Gasteiger partial charge < -0.3 is 5.32 Å². The van der Waals surface area contributed by atoms with Crippen LogP contribution in [0, 0.1) is 10.1 Å². The molecule has 0 atom stereocenters. The summed E-state index contributed by atoms with van der Waals surface area (Å²) in [6.07, 6.45) is 4.37. The smallest absolute Gasteiger partial charge is 0.278 e. The molecule has 3 aromatic rings. The zero-order valence-corrected chi connectivity index (χ0v) is 13.6. The molecule has 1 aliphatic rings. The van der Waals surface area contributed by atoms with Crippen molar-refractivity contribution in [3.05, 3.63) is 75.7 Å². The molecule has 1 aliphatic heterocycles. The van der Waals surface area contributed by atoms with E-state index in [0.29, 0.717) is 24.3 Å². The highest BCUT2D eigenvalue weighted by atomic mass is 16.6. The van der Waals surface area contributed by atoms with E-state index in [1.807, 2.05) is 22.9 Å². The van der Waals surface area contributed by atoms with Gasteiger partial charge in [-0.25, -0.2) is 0 Å². The van der Waals surface area contributed by atoms with Crippen molar-refractivity contribution >= 4 is 5.69 Å². The van der Waals surface area contributed by atoms with E-state index >= 15 is 0 Å². The van der Waals surface area contributed by atoms with Crippen LogP contribution in [0.15, 0.2) is 48.8 Å². The van der Waals surface area contributed by atoms with E-state index in [-0.39, 0.29) is 10.6 Å². The highest BCUT2D eigenvalue weighted by Crippen LogP contribution is 2.34. The minimum Gasteiger partial charge on any atom is -0.312 e. The van der Waals surface area contributed by atoms with Crippen LogP contribution in [0.4, 0.5) is 5.69 Å². The van der Waals surface area contributed by atoms with E-state index in [1.54, 1.807) is 24.5 Å². The minimum absolute atomic E-state index is 0.0874. The molecule has 0 spiro atoms. The van der Waals surface area contributed by atoms with Gasteiger partial charge in [0.15, 0.2) is 0 Å². The SMILES string of the molecule is O=[N+]([O-])c1ccccc1-c1nn(Cc2ccncc2)c2c1CNCC2. The second-order valence-electron chi connectivity index (χ2n) is 5.99. The fourth-order valence-electron chi connectivity index (χ4n) is 3.26. The lowest BCUT2D eigenvalue weighted by Gasteiger charge is -2.15. The summed E-state index contributed by atoms with van der Waals surface area (Å²) in [5.74, 6) is 0. The number of rotatable bonds is 4. The van der Waals surface area contributed by atoms with E-state index in [2.05, 4.69) is 10.3 Å². The molecule has 0 amide bonds. The molecule has 0 unspecified atom stereocenters. The van der Waals surface area contributed by atoms with Crippen molar-refractivity contribution in [3.8, 4) is 11.3 Å². The van der Waals surface area contributed by atoms with Gasteiger partial charge in [-0.05, 0) is 23.8 Å². The molecule has 0 aliphatic carbocycles. The number of benzene rings is 1. The van der Waals surface area contributed by atoms with Gasteiger partial charge in [0.05, 0.1) is 17.0 Å². The summed E-state index contributed by atoms with van der Waals surface area (Å²) in [5.41, 5.74) is 4.65. The Morgan fingerprint density at radius 3 is 2.80 bits per heavy atom. The first kappa shape index (κ1) is 15.5. The van der Waals surface area contributed by atoms with Gasteiger partial charge in [0.2, 0.25) is 0 Å². The second-order valence-corrected chi connectivity index (χ2v) is 5.99. The normalized spacial score (nSPS) is 13.4. The Balaban J connectivity index is 1.83. The summed E-state index contributed by atoms with van der Waals surface area (Å²) in [7, 11) is 0. The molecule has 2 aromatic heterocycles. The van der Waals surface area contributed by atoms with Gasteiger partial charge in [-0.1, -0.05) is 12.1 Å². The van der Waals surface area contributed by atoms with Crippen LogP contribution >= 0.6 is 0 Å². The third kappa shape index (κ3) is 2.89. The largest absolute Gasteiger partial charge is 0.312 e. The van der Waals surface area contributed by atoms with Gasteiger partial charge in [0.25, 0.3) is 5.69 Å². The summed E-state index contributed by atoms with van der Waals surface area (Å²) in [4.78, 5) is 15.1. The second kappa shape index (κ2) is 6.45. The molecule has 4 rings (SSSR count). The van der Waals surface area contributed by atoms with Gasteiger partial charge in [-0.15, -0.1) is 0 Å². The molecule has 0 saturated heterocycles. The van der Waals surface area contributed by atoms with Crippen molar-refractivity contribution in [1.29, 1.82) is 0 Å². The number of aromatic nitrogens is 3. The maximum atomic E-state index is 11.4. The molecule has 1 N–H and O–H groups in total. The van der Waals surface area contributed by atoms with Crippen LogP contribution in [0.25, 0.3) is 11.3 Å². The molecule has 0 bridgehead atoms. The van der Waals surface area contributed by atoms with E-state index in [0.717, 1.165) is 29.8 Å². The van der Waals surface area contributed by atoms with E-state index < -0.39 is 0 Å². The van der Waals surface area contributed by atoms with Crippen LogP contribution in [-0.2, 0) is 19.5 Å². The standard InChI is InChI=1S/C18H17N5O2/c24-23(25)17-4-2-1-3-14(17)18-15-11-20-10-7-16(15)22(21-18)12-13-5-8-19-9-6-13/h1-6,8-9,20H,7,10-12H2. The fraction of sp³-hybridized carbons (Fsp3) is 0.222. The molecular formula is C18H17N5O2. The highest BCUT2D eigenvalue weighted by molar-refractivity contribution is 5.73. The number of pyridine rings is 1. The van der Waals surface area contributed by atoms with E-state index in [4.69, 9.17) is 5.10 Å². The Morgan fingerprint density at radius 1 is 1.20 bits per heavy atom. The van der Waals surface area contributed by atoms with Crippen molar-refractivity contribution in [2.75, 3.05) is 6.54 Å². The third-order valence-electron chi connectivity index (χ3n) is 4.44. The quantitative estimate of drug-likeness (QED) is 0.585. The van der Waals surface area contributed by atoms with Crippen molar-refractivity contribution in [2.24, 2.45) is 0 Å². The Bertz CT molecular complexity index is 920. The average Bonchev–Trinajstić information content (AvgIpc) is 3.01. The van der Waals surface area contributed by atoms with Crippen LogP contribution in [0.2, 0.25) is 0 Å². The highest BCUT2D eigenvalue weighted by Gasteiger charge is 2.25. The van der Waals surface area contributed by atoms with Gasteiger partial charge in [0, 0.05) is 49.2 Å². The molecule has 0 saturated carbocycles. The number of para-hydroxylation sites is 1. The molecule has 0 fully saturated rings. The first-order chi connectivity index (χ1) is 12.2. The summed E-state index contributed by atoms with van der Waals surface area (Å²) < 4.78 is 1.97. The lowest BCUT2D eigenvalue weighted by molar-refractivity contribution is -0.384. The first-order valence-corrected chi connectivity index (χ1v) is 8.16. The topological polar surface area (TPSA) is 85.9 Å². The molecular weight excluding hydrogens is 318 g/mol. The lowest BCUT2D eigenvalue weighted by atomic mass is 10.0. The van der Waals surface area contributed by atoms with Crippen molar-refractivity contribution < 1.29 is 4.92 Å². The van der Waals surface area contributed by atoms with Gasteiger partial charge in [-0.2, -0.15) is 5.10 Å². The average molecular weight is 335 g/mol. The predicted octanol–water partition coefficient (Wildman–Crippen LogP) is 2.55. The number of hydrogen-bond donors (Lipinski definition) is 1. The summed E-state index contributed by atoms with van der Waals surface area (Å²) in [6, 6.07) is 10.7. The fourth-order valence-corrected chi connectivity index (χ4v) is 3.26. The van der Waals surface area contributed by atoms with Gasteiger partial charge in [0.1, 0.15) is 5.69 Å². The van der Waals surface area contributed by atoms with E-state index in [1.165, 1.54) is 6.07 Å². The molecule has 1 aromatic carbocycles. The zero-order chi connectivity index (χ0) is 17.2. The van der Waals surface area contributed by atoms with Crippen LogP contribution in [0.5, 0.6) is 0 Å². The number of hydrogen-bond acceptors (Lipinski definition) is 5. The number of nitro groups is 1. The number of fused-ring (bicyclic) bond motifs is 1. The van der Waals surface area contributed by atoms with Crippen LogP contribution in [-0.4, -0.2) is 26.2 Å².